The van der Waals surface area contributed by atoms with Gasteiger partial charge in [0.15, 0.2) is 11.6 Å². The Bertz CT molecular complexity index is 1160. The minimum atomic E-state index is 0.638. The number of imidazole rings is 1. The minimum Gasteiger partial charge on any atom is -0.494 e. The molecule has 6 nitrogen and oxygen atoms in total. The zero-order valence-electron chi connectivity index (χ0n) is 16.9. The molecule has 1 aliphatic carbocycles. The van der Waals surface area contributed by atoms with Crippen molar-refractivity contribution in [2.75, 3.05) is 6.61 Å². The largest absolute Gasteiger partial charge is 0.494 e. The van der Waals surface area contributed by atoms with Crippen molar-refractivity contribution >= 4 is 5.65 Å². The number of aryl methyl sites for hydroxylation is 1. The van der Waals surface area contributed by atoms with Gasteiger partial charge in [0.25, 0.3) is 0 Å². The zero-order valence-corrected chi connectivity index (χ0v) is 16.9. The van der Waals surface area contributed by atoms with E-state index >= 15 is 0 Å². The molecule has 5 rings (SSSR count). The van der Waals surface area contributed by atoms with Gasteiger partial charge in [-0.25, -0.2) is 14.6 Å². The fraction of sp³-hybridized carbons (Fsp3) is 0.348. The number of pyridine rings is 1. The number of fused-ring (bicyclic) bond motifs is 1. The molecule has 3 aromatic heterocycles. The molecule has 1 fully saturated rings. The second-order valence-electron chi connectivity index (χ2n) is 7.77. The van der Waals surface area contributed by atoms with Gasteiger partial charge < -0.3 is 4.74 Å². The summed E-state index contributed by atoms with van der Waals surface area (Å²) in [4.78, 5) is 9.54. The molecule has 0 amide bonds. The van der Waals surface area contributed by atoms with Crippen LogP contribution in [0.4, 0.5) is 0 Å². The molecule has 4 aromatic rings. The van der Waals surface area contributed by atoms with Crippen LogP contribution in [0, 0.1) is 12.8 Å². The van der Waals surface area contributed by atoms with E-state index in [1.54, 1.807) is 0 Å². The van der Waals surface area contributed by atoms with E-state index < -0.39 is 0 Å². The molecule has 29 heavy (non-hydrogen) atoms. The van der Waals surface area contributed by atoms with Crippen LogP contribution in [-0.4, -0.2) is 30.8 Å². The molecule has 0 unspecified atom stereocenters. The van der Waals surface area contributed by atoms with Crippen LogP contribution >= 0.6 is 0 Å². The Morgan fingerprint density at radius 2 is 2.07 bits per heavy atom. The quantitative estimate of drug-likeness (QED) is 0.478. The Morgan fingerprint density at radius 1 is 1.17 bits per heavy atom. The Labute approximate surface area is 170 Å². The van der Waals surface area contributed by atoms with Crippen molar-refractivity contribution in [3.8, 4) is 28.7 Å². The molecule has 0 radical (unpaired) electrons. The Kier molecular flexibility index (Phi) is 4.54. The molecule has 3 heterocycles. The lowest BCUT2D eigenvalue weighted by Crippen LogP contribution is -2.19. The van der Waals surface area contributed by atoms with Crippen molar-refractivity contribution in [1.29, 1.82) is 0 Å². The van der Waals surface area contributed by atoms with Gasteiger partial charge in [0, 0.05) is 18.3 Å². The zero-order chi connectivity index (χ0) is 19.8. The van der Waals surface area contributed by atoms with Crippen molar-refractivity contribution in [1.82, 2.24) is 24.1 Å². The van der Waals surface area contributed by atoms with Crippen molar-refractivity contribution in [2.24, 2.45) is 5.92 Å². The number of rotatable bonds is 6. The van der Waals surface area contributed by atoms with Crippen LogP contribution in [0.15, 0.2) is 48.8 Å². The predicted octanol–water partition coefficient (Wildman–Crippen LogP) is 4.77. The highest BCUT2D eigenvalue weighted by Crippen LogP contribution is 2.31. The van der Waals surface area contributed by atoms with E-state index in [0.717, 1.165) is 40.8 Å². The second kappa shape index (κ2) is 7.35. The van der Waals surface area contributed by atoms with Crippen LogP contribution in [0.25, 0.3) is 28.6 Å². The highest BCUT2D eigenvalue weighted by Gasteiger charge is 2.23. The summed E-state index contributed by atoms with van der Waals surface area (Å²) in [6, 6.07) is 12.2. The van der Waals surface area contributed by atoms with Crippen molar-refractivity contribution in [3.05, 3.63) is 54.4 Å². The maximum atomic E-state index is 5.66. The van der Waals surface area contributed by atoms with E-state index in [4.69, 9.17) is 14.8 Å². The third kappa shape index (κ3) is 3.39. The van der Waals surface area contributed by atoms with Gasteiger partial charge >= 0.3 is 0 Å². The first-order chi connectivity index (χ1) is 14.2. The average molecular weight is 387 g/mol. The lowest BCUT2D eigenvalue weighted by Gasteiger charge is -2.25. The first-order valence-electron chi connectivity index (χ1n) is 10.3. The number of aromatic nitrogens is 5. The van der Waals surface area contributed by atoms with E-state index in [1.165, 1.54) is 24.8 Å². The van der Waals surface area contributed by atoms with Gasteiger partial charge in [0.2, 0.25) is 0 Å². The number of hydrogen-bond donors (Lipinski definition) is 0. The van der Waals surface area contributed by atoms with Gasteiger partial charge in [-0.05, 0) is 62.4 Å². The molecule has 0 aliphatic heterocycles. The Morgan fingerprint density at radius 3 is 2.86 bits per heavy atom. The molecule has 0 spiro atoms. The van der Waals surface area contributed by atoms with Gasteiger partial charge in [-0.2, -0.15) is 5.10 Å². The monoisotopic (exact) mass is 387 g/mol. The maximum Gasteiger partial charge on any atom is 0.181 e. The first kappa shape index (κ1) is 17.9. The van der Waals surface area contributed by atoms with Gasteiger partial charge in [-0.15, -0.1) is 0 Å². The molecule has 1 aromatic carbocycles. The van der Waals surface area contributed by atoms with Gasteiger partial charge in [0.1, 0.15) is 17.1 Å². The standard InChI is InChI=1S/C23H25N5O/c1-3-29-19-9-5-8-18(13-19)22-25-23(28(26-22)15-17-6-4-7-17)20-14-24-21-12-16(2)10-11-27(20)21/h5,8-14,17H,3-4,6-7,15H2,1-2H3. The SMILES string of the molecule is CCOc1cccc(-c2nc(-c3cnc4cc(C)ccn34)n(CC3CCC3)n2)c1. The summed E-state index contributed by atoms with van der Waals surface area (Å²) in [7, 11) is 0. The van der Waals surface area contributed by atoms with E-state index in [9.17, 15) is 0 Å². The van der Waals surface area contributed by atoms with E-state index in [0.29, 0.717) is 12.5 Å². The summed E-state index contributed by atoms with van der Waals surface area (Å²) < 4.78 is 9.82. The van der Waals surface area contributed by atoms with Gasteiger partial charge in [0.05, 0.1) is 12.8 Å². The molecule has 1 aliphatic rings. The molecular formula is C23H25N5O. The van der Waals surface area contributed by atoms with E-state index in [-0.39, 0.29) is 0 Å². The average Bonchev–Trinajstić information content (AvgIpc) is 3.28. The normalized spacial score (nSPS) is 14.3. The van der Waals surface area contributed by atoms with Crippen molar-refractivity contribution in [3.63, 3.8) is 0 Å². The lowest BCUT2D eigenvalue weighted by molar-refractivity contribution is 0.267. The van der Waals surface area contributed by atoms with Crippen LogP contribution in [0.1, 0.15) is 31.7 Å². The Hall–Kier alpha value is -3.15. The molecule has 6 heteroatoms. The first-order valence-corrected chi connectivity index (χ1v) is 10.3. The maximum absolute atomic E-state index is 5.66. The molecule has 0 atom stereocenters. The predicted molar refractivity (Wildman–Crippen MR) is 113 cm³/mol. The topological polar surface area (TPSA) is 57.2 Å². The number of nitrogens with zero attached hydrogens (tertiary/aromatic N) is 5. The molecular weight excluding hydrogens is 362 g/mol. The minimum absolute atomic E-state index is 0.638. The van der Waals surface area contributed by atoms with E-state index in [1.807, 2.05) is 37.4 Å². The smallest absolute Gasteiger partial charge is 0.181 e. The van der Waals surface area contributed by atoms with Crippen molar-refractivity contribution in [2.45, 2.75) is 39.7 Å². The van der Waals surface area contributed by atoms with Crippen molar-refractivity contribution < 1.29 is 4.74 Å². The summed E-state index contributed by atoms with van der Waals surface area (Å²) in [6.45, 7) is 5.60. The summed E-state index contributed by atoms with van der Waals surface area (Å²) in [5, 5.41) is 4.89. The third-order valence-electron chi connectivity index (χ3n) is 5.63. The Balaban J connectivity index is 1.60. The van der Waals surface area contributed by atoms with E-state index in [2.05, 4.69) is 39.3 Å². The highest BCUT2D eigenvalue weighted by molar-refractivity contribution is 5.63. The third-order valence-corrected chi connectivity index (χ3v) is 5.63. The van der Waals surface area contributed by atoms with Gasteiger partial charge in [-0.1, -0.05) is 18.6 Å². The molecule has 0 saturated heterocycles. The highest BCUT2D eigenvalue weighted by atomic mass is 16.5. The molecule has 148 valence electrons. The summed E-state index contributed by atoms with van der Waals surface area (Å²) in [6.07, 6.45) is 7.80. The summed E-state index contributed by atoms with van der Waals surface area (Å²) >= 11 is 0. The summed E-state index contributed by atoms with van der Waals surface area (Å²) in [5.41, 5.74) is 4.06. The van der Waals surface area contributed by atoms with Crippen LogP contribution in [0.5, 0.6) is 5.75 Å². The molecule has 0 N–H and O–H groups in total. The number of ether oxygens (including phenoxy) is 1. The fourth-order valence-corrected chi connectivity index (χ4v) is 3.84. The van der Waals surface area contributed by atoms with Crippen LogP contribution in [-0.2, 0) is 6.54 Å². The van der Waals surface area contributed by atoms with Crippen LogP contribution in [0.2, 0.25) is 0 Å². The van der Waals surface area contributed by atoms with Crippen LogP contribution < -0.4 is 4.74 Å². The summed E-state index contributed by atoms with van der Waals surface area (Å²) in [5.74, 6) is 3.11. The number of benzene rings is 1. The molecule has 0 bridgehead atoms. The van der Waals surface area contributed by atoms with Gasteiger partial charge in [-0.3, -0.25) is 4.40 Å². The molecule has 1 saturated carbocycles. The lowest BCUT2D eigenvalue weighted by atomic mass is 9.85. The van der Waals surface area contributed by atoms with Crippen LogP contribution in [0.3, 0.4) is 0 Å². The number of hydrogen-bond acceptors (Lipinski definition) is 4. The second-order valence-corrected chi connectivity index (χ2v) is 7.77. The fourth-order valence-electron chi connectivity index (χ4n) is 3.84.